The molecule has 0 bridgehead atoms. The van der Waals surface area contributed by atoms with Crippen molar-refractivity contribution in [3.8, 4) is 0 Å². The van der Waals surface area contributed by atoms with Crippen LogP contribution in [0.15, 0.2) is 22.7 Å². The summed E-state index contributed by atoms with van der Waals surface area (Å²) in [7, 11) is 0. The first-order valence-corrected chi connectivity index (χ1v) is 6.16. The second-order valence-electron chi connectivity index (χ2n) is 4.87. The fraction of sp³-hybridized carbons (Fsp3) is 0.385. The van der Waals surface area contributed by atoms with Gasteiger partial charge in [-0.05, 0) is 34.1 Å². The molecule has 1 rings (SSSR count). The van der Waals surface area contributed by atoms with Gasteiger partial charge in [-0.2, -0.15) is 0 Å². The van der Waals surface area contributed by atoms with E-state index in [1.165, 1.54) is 12.1 Å². The molecule has 3 nitrogen and oxygen atoms in total. The van der Waals surface area contributed by atoms with E-state index in [4.69, 9.17) is 4.74 Å². The molecule has 1 aromatic carbocycles. The average Bonchev–Trinajstić information content (AvgIpc) is 2.27. The van der Waals surface area contributed by atoms with E-state index in [2.05, 4.69) is 15.9 Å². The fourth-order valence-electron chi connectivity index (χ4n) is 1.08. The highest BCUT2D eigenvalue weighted by Gasteiger charge is 2.23. The van der Waals surface area contributed by atoms with Crippen LogP contribution in [0.3, 0.4) is 0 Å². The minimum atomic E-state index is -0.723. The Morgan fingerprint density at radius 2 is 1.94 bits per heavy atom. The van der Waals surface area contributed by atoms with Crippen LogP contribution in [-0.4, -0.2) is 18.4 Å². The van der Waals surface area contributed by atoms with Crippen LogP contribution < -0.4 is 0 Å². The van der Waals surface area contributed by atoms with E-state index in [1.807, 2.05) is 0 Å². The normalized spacial score (nSPS) is 11.2. The molecule has 0 unspecified atom stereocenters. The van der Waals surface area contributed by atoms with E-state index in [0.29, 0.717) is 4.47 Å². The lowest BCUT2D eigenvalue weighted by Gasteiger charge is -2.16. The Labute approximate surface area is 113 Å². The van der Waals surface area contributed by atoms with Gasteiger partial charge in [0.2, 0.25) is 0 Å². The summed E-state index contributed by atoms with van der Waals surface area (Å²) in [5.41, 5.74) is -0.504. The Balaban J connectivity index is 2.72. The number of hydrogen-bond acceptors (Lipinski definition) is 3. The van der Waals surface area contributed by atoms with E-state index in [-0.39, 0.29) is 18.0 Å². The molecule has 0 spiro atoms. The molecule has 0 N–H and O–H groups in total. The van der Waals surface area contributed by atoms with Crippen LogP contribution in [0.5, 0.6) is 0 Å². The molecule has 0 aliphatic rings. The first kappa shape index (κ1) is 14.8. The zero-order chi connectivity index (χ0) is 13.9. The van der Waals surface area contributed by atoms with Crippen LogP contribution in [0.1, 0.15) is 31.1 Å². The third kappa shape index (κ3) is 3.91. The molecule has 0 amide bonds. The fourth-order valence-corrected chi connectivity index (χ4v) is 1.49. The third-order valence-corrected chi connectivity index (χ3v) is 3.01. The molecule has 0 saturated heterocycles. The topological polar surface area (TPSA) is 43.4 Å². The van der Waals surface area contributed by atoms with Gasteiger partial charge >= 0.3 is 5.97 Å². The SMILES string of the molecule is CC(C)(C)C(=O)COC(=O)c1cc(F)ccc1Br. The monoisotopic (exact) mass is 316 g/mol. The summed E-state index contributed by atoms with van der Waals surface area (Å²) in [5, 5.41) is 0. The second-order valence-corrected chi connectivity index (χ2v) is 5.73. The van der Waals surface area contributed by atoms with Crippen LogP contribution in [0.4, 0.5) is 4.39 Å². The molecule has 5 heteroatoms. The van der Waals surface area contributed by atoms with Gasteiger partial charge in [0.05, 0.1) is 5.56 Å². The van der Waals surface area contributed by atoms with Gasteiger partial charge in [0.15, 0.2) is 12.4 Å². The molecule has 18 heavy (non-hydrogen) atoms. The molecule has 0 aliphatic heterocycles. The molecular weight excluding hydrogens is 303 g/mol. The van der Waals surface area contributed by atoms with Crippen molar-refractivity contribution >= 4 is 27.7 Å². The number of esters is 1. The zero-order valence-corrected chi connectivity index (χ0v) is 12.0. The van der Waals surface area contributed by atoms with Gasteiger partial charge in [-0.1, -0.05) is 20.8 Å². The minimum Gasteiger partial charge on any atom is -0.454 e. The number of Topliss-reactive ketones (excluding diaryl/α,β-unsaturated/α-hetero) is 1. The van der Waals surface area contributed by atoms with Crippen molar-refractivity contribution in [2.75, 3.05) is 6.61 Å². The van der Waals surface area contributed by atoms with Gasteiger partial charge in [0.1, 0.15) is 5.82 Å². The lowest BCUT2D eigenvalue weighted by Crippen LogP contribution is -2.26. The van der Waals surface area contributed by atoms with Crippen molar-refractivity contribution in [3.63, 3.8) is 0 Å². The van der Waals surface area contributed by atoms with E-state index >= 15 is 0 Å². The molecule has 0 radical (unpaired) electrons. The van der Waals surface area contributed by atoms with E-state index < -0.39 is 17.2 Å². The van der Waals surface area contributed by atoms with Gasteiger partial charge in [0, 0.05) is 9.89 Å². The average molecular weight is 317 g/mol. The molecule has 0 heterocycles. The molecule has 0 aromatic heterocycles. The highest BCUT2D eigenvalue weighted by Crippen LogP contribution is 2.19. The lowest BCUT2D eigenvalue weighted by atomic mass is 9.91. The standard InChI is InChI=1S/C13H14BrFO3/c1-13(2,3)11(16)7-18-12(17)9-6-8(15)4-5-10(9)14/h4-6H,7H2,1-3H3. The Hall–Kier alpha value is -1.23. The van der Waals surface area contributed by atoms with E-state index in [1.54, 1.807) is 20.8 Å². The van der Waals surface area contributed by atoms with Crippen LogP contribution in [0.25, 0.3) is 0 Å². The summed E-state index contributed by atoms with van der Waals surface area (Å²) in [5.74, 6) is -1.45. The Bertz CT molecular complexity index is 478. The second kappa shape index (κ2) is 5.61. The number of rotatable bonds is 3. The number of halogens is 2. The zero-order valence-electron chi connectivity index (χ0n) is 10.4. The highest BCUT2D eigenvalue weighted by molar-refractivity contribution is 9.10. The molecule has 0 fully saturated rings. The van der Waals surface area contributed by atoms with Gasteiger partial charge in [-0.25, -0.2) is 9.18 Å². The van der Waals surface area contributed by atoms with Gasteiger partial charge in [-0.3, -0.25) is 4.79 Å². The summed E-state index contributed by atoms with van der Waals surface area (Å²) < 4.78 is 18.3. The summed E-state index contributed by atoms with van der Waals surface area (Å²) in [6.07, 6.45) is 0. The number of carbonyl (C=O) groups excluding carboxylic acids is 2. The van der Waals surface area contributed by atoms with Gasteiger partial charge < -0.3 is 4.74 Å². The predicted octanol–water partition coefficient (Wildman–Crippen LogP) is 3.36. The van der Waals surface area contributed by atoms with Crippen molar-refractivity contribution in [3.05, 3.63) is 34.1 Å². The Morgan fingerprint density at radius 1 is 1.33 bits per heavy atom. The summed E-state index contributed by atoms with van der Waals surface area (Å²) in [4.78, 5) is 23.3. The molecule has 0 atom stereocenters. The number of carbonyl (C=O) groups is 2. The molecular formula is C13H14BrFO3. The van der Waals surface area contributed by atoms with Crippen molar-refractivity contribution in [2.45, 2.75) is 20.8 Å². The van der Waals surface area contributed by atoms with Crippen LogP contribution in [0, 0.1) is 11.2 Å². The van der Waals surface area contributed by atoms with Crippen molar-refractivity contribution in [1.29, 1.82) is 0 Å². The molecule has 0 saturated carbocycles. The van der Waals surface area contributed by atoms with Crippen LogP contribution in [-0.2, 0) is 9.53 Å². The number of ether oxygens (including phenoxy) is 1. The van der Waals surface area contributed by atoms with Crippen LogP contribution >= 0.6 is 15.9 Å². The van der Waals surface area contributed by atoms with Crippen LogP contribution in [0.2, 0.25) is 0 Å². The van der Waals surface area contributed by atoms with E-state index in [9.17, 15) is 14.0 Å². The lowest BCUT2D eigenvalue weighted by molar-refractivity contribution is -0.129. The first-order valence-electron chi connectivity index (χ1n) is 5.37. The van der Waals surface area contributed by atoms with E-state index in [0.717, 1.165) is 6.07 Å². The minimum absolute atomic E-state index is 0.0664. The number of ketones is 1. The largest absolute Gasteiger partial charge is 0.454 e. The quantitative estimate of drug-likeness (QED) is 0.803. The van der Waals surface area contributed by atoms with Crippen molar-refractivity contribution < 1.29 is 18.7 Å². The molecule has 98 valence electrons. The summed E-state index contributed by atoms with van der Waals surface area (Å²) >= 11 is 3.13. The summed E-state index contributed by atoms with van der Waals surface area (Å²) in [6, 6.07) is 3.70. The van der Waals surface area contributed by atoms with Crippen molar-refractivity contribution in [2.24, 2.45) is 5.41 Å². The molecule has 0 aliphatic carbocycles. The predicted molar refractivity (Wildman–Crippen MR) is 68.8 cm³/mol. The number of benzene rings is 1. The molecule has 1 aromatic rings. The number of hydrogen-bond donors (Lipinski definition) is 0. The first-order chi connectivity index (χ1) is 8.21. The van der Waals surface area contributed by atoms with Gasteiger partial charge in [0.25, 0.3) is 0 Å². The maximum absolute atomic E-state index is 13.0. The Kier molecular flexibility index (Phi) is 4.62. The summed E-state index contributed by atoms with van der Waals surface area (Å²) in [6.45, 7) is 4.90. The Morgan fingerprint density at radius 3 is 2.50 bits per heavy atom. The maximum atomic E-state index is 13.0. The third-order valence-electron chi connectivity index (χ3n) is 2.32. The smallest absolute Gasteiger partial charge is 0.339 e. The maximum Gasteiger partial charge on any atom is 0.339 e. The highest BCUT2D eigenvalue weighted by atomic mass is 79.9. The van der Waals surface area contributed by atoms with Gasteiger partial charge in [-0.15, -0.1) is 0 Å². The van der Waals surface area contributed by atoms with Crippen molar-refractivity contribution in [1.82, 2.24) is 0 Å².